The Morgan fingerprint density at radius 3 is 2.59 bits per heavy atom. The third kappa shape index (κ3) is 2.43. The Labute approximate surface area is 98.5 Å². The van der Waals surface area contributed by atoms with E-state index in [0.717, 1.165) is 0 Å². The van der Waals surface area contributed by atoms with Crippen molar-refractivity contribution in [1.82, 2.24) is 9.78 Å². The Bertz CT molecular complexity index is 453. The van der Waals surface area contributed by atoms with Crippen LogP contribution in [0, 0.1) is 24.0 Å². The molecule has 0 N–H and O–H groups in total. The van der Waals surface area contributed by atoms with Crippen molar-refractivity contribution in [3.05, 3.63) is 21.5 Å². The number of carbonyl (C=O) groups excluding carboxylic acids is 1. The summed E-state index contributed by atoms with van der Waals surface area (Å²) in [5.41, 5.74) is 0.595. The lowest BCUT2D eigenvalue weighted by atomic mass is 10.3. The van der Waals surface area contributed by atoms with Crippen molar-refractivity contribution in [2.24, 2.45) is 0 Å². The van der Waals surface area contributed by atoms with Crippen LogP contribution in [0.5, 0.6) is 0 Å². The highest BCUT2D eigenvalue weighted by atomic mass is 16.6. The summed E-state index contributed by atoms with van der Waals surface area (Å²) < 4.78 is 6.18. The van der Waals surface area contributed by atoms with E-state index in [0.29, 0.717) is 11.4 Å². The lowest BCUT2D eigenvalue weighted by Crippen LogP contribution is -2.21. The van der Waals surface area contributed by atoms with Crippen LogP contribution in [0.25, 0.3) is 0 Å². The zero-order valence-corrected chi connectivity index (χ0v) is 10.3. The molecule has 0 fully saturated rings. The summed E-state index contributed by atoms with van der Waals surface area (Å²) in [5, 5.41) is 14.8. The largest absolute Gasteiger partial charge is 0.464 e. The lowest BCUT2D eigenvalue weighted by molar-refractivity contribution is -0.386. The average molecular weight is 241 g/mol. The van der Waals surface area contributed by atoms with Gasteiger partial charge < -0.3 is 4.74 Å². The van der Waals surface area contributed by atoms with Crippen LogP contribution in [0.3, 0.4) is 0 Å². The van der Waals surface area contributed by atoms with Crippen LogP contribution in [-0.2, 0) is 9.53 Å². The maximum Gasteiger partial charge on any atom is 0.330 e. The number of aryl methyl sites for hydroxylation is 1. The van der Waals surface area contributed by atoms with E-state index in [1.807, 2.05) is 0 Å². The molecular weight excluding hydrogens is 226 g/mol. The van der Waals surface area contributed by atoms with Crippen LogP contribution in [0.1, 0.15) is 31.3 Å². The molecule has 0 saturated carbocycles. The van der Waals surface area contributed by atoms with E-state index in [9.17, 15) is 14.9 Å². The molecule has 1 atom stereocenters. The van der Waals surface area contributed by atoms with Gasteiger partial charge in [0.2, 0.25) is 0 Å². The van der Waals surface area contributed by atoms with E-state index in [4.69, 9.17) is 4.74 Å². The standard InChI is InChI=1S/C10H15N3O4/c1-5-17-10(14)8(4)12-7(3)9(13(15)16)6(2)11-12/h8H,5H2,1-4H3. The van der Waals surface area contributed by atoms with E-state index >= 15 is 0 Å². The quantitative estimate of drug-likeness (QED) is 0.453. The van der Waals surface area contributed by atoms with Gasteiger partial charge in [-0.05, 0) is 27.7 Å². The van der Waals surface area contributed by atoms with Gasteiger partial charge in [-0.2, -0.15) is 5.10 Å². The van der Waals surface area contributed by atoms with E-state index in [2.05, 4.69) is 5.10 Å². The van der Waals surface area contributed by atoms with Gasteiger partial charge in [0.1, 0.15) is 17.4 Å². The topological polar surface area (TPSA) is 87.3 Å². The van der Waals surface area contributed by atoms with Crippen molar-refractivity contribution in [1.29, 1.82) is 0 Å². The molecule has 0 aliphatic heterocycles. The average Bonchev–Trinajstić information content (AvgIpc) is 2.53. The summed E-state index contributed by atoms with van der Waals surface area (Å²) in [6.07, 6.45) is 0. The normalized spacial score (nSPS) is 12.2. The van der Waals surface area contributed by atoms with Crippen LogP contribution < -0.4 is 0 Å². The molecule has 0 spiro atoms. The van der Waals surface area contributed by atoms with Crippen molar-refractivity contribution in [2.75, 3.05) is 6.61 Å². The van der Waals surface area contributed by atoms with E-state index in [-0.39, 0.29) is 12.3 Å². The molecule has 0 saturated heterocycles. The Balaban J connectivity index is 3.12. The first-order valence-corrected chi connectivity index (χ1v) is 5.26. The summed E-state index contributed by atoms with van der Waals surface area (Å²) in [6.45, 7) is 6.67. The second kappa shape index (κ2) is 4.94. The third-order valence-corrected chi connectivity index (χ3v) is 2.46. The zero-order chi connectivity index (χ0) is 13.2. The molecule has 0 bridgehead atoms. The molecule has 7 nitrogen and oxygen atoms in total. The molecule has 0 radical (unpaired) electrons. The molecule has 0 aliphatic carbocycles. The van der Waals surface area contributed by atoms with Crippen LogP contribution in [0.4, 0.5) is 5.69 Å². The highest BCUT2D eigenvalue weighted by Gasteiger charge is 2.27. The third-order valence-electron chi connectivity index (χ3n) is 2.46. The number of ether oxygens (including phenoxy) is 1. The molecule has 0 aromatic carbocycles. The number of carbonyl (C=O) groups is 1. The highest BCUT2D eigenvalue weighted by molar-refractivity contribution is 5.74. The predicted molar refractivity (Wildman–Crippen MR) is 59.7 cm³/mol. The van der Waals surface area contributed by atoms with Gasteiger partial charge >= 0.3 is 11.7 Å². The van der Waals surface area contributed by atoms with Gasteiger partial charge in [-0.25, -0.2) is 9.48 Å². The molecule has 1 aromatic rings. The van der Waals surface area contributed by atoms with Gasteiger partial charge in [0.25, 0.3) is 0 Å². The fourth-order valence-corrected chi connectivity index (χ4v) is 1.66. The number of aromatic nitrogens is 2. The number of esters is 1. The minimum absolute atomic E-state index is 0.0545. The van der Waals surface area contributed by atoms with Gasteiger partial charge in [-0.1, -0.05) is 0 Å². The van der Waals surface area contributed by atoms with Gasteiger partial charge in [-0.15, -0.1) is 0 Å². The molecule has 0 aliphatic rings. The maximum absolute atomic E-state index is 11.5. The molecule has 1 heterocycles. The number of nitro groups is 1. The second-order valence-corrected chi connectivity index (χ2v) is 3.65. The summed E-state index contributed by atoms with van der Waals surface area (Å²) >= 11 is 0. The Morgan fingerprint density at radius 2 is 2.18 bits per heavy atom. The second-order valence-electron chi connectivity index (χ2n) is 3.65. The molecule has 17 heavy (non-hydrogen) atoms. The van der Waals surface area contributed by atoms with Crippen LogP contribution >= 0.6 is 0 Å². The van der Waals surface area contributed by atoms with Gasteiger partial charge in [0, 0.05) is 0 Å². The molecule has 94 valence electrons. The summed E-state index contributed by atoms with van der Waals surface area (Å²) in [7, 11) is 0. The van der Waals surface area contributed by atoms with Crippen molar-refractivity contribution in [3.63, 3.8) is 0 Å². The SMILES string of the molecule is CCOC(=O)C(C)n1nc(C)c([N+](=O)[O-])c1C. The van der Waals surface area contributed by atoms with Gasteiger partial charge in [0.05, 0.1) is 11.5 Å². The maximum atomic E-state index is 11.5. The van der Waals surface area contributed by atoms with Crippen molar-refractivity contribution in [2.45, 2.75) is 33.7 Å². The van der Waals surface area contributed by atoms with Crippen molar-refractivity contribution in [3.8, 4) is 0 Å². The Kier molecular flexibility index (Phi) is 3.82. The van der Waals surface area contributed by atoms with Crippen LogP contribution in [0.15, 0.2) is 0 Å². The van der Waals surface area contributed by atoms with E-state index < -0.39 is 16.9 Å². The fraction of sp³-hybridized carbons (Fsp3) is 0.600. The van der Waals surface area contributed by atoms with Crippen molar-refractivity contribution < 1.29 is 14.5 Å². The lowest BCUT2D eigenvalue weighted by Gasteiger charge is -2.11. The summed E-state index contributed by atoms with van der Waals surface area (Å²) in [6, 6.07) is -0.664. The minimum Gasteiger partial charge on any atom is -0.464 e. The predicted octanol–water partition coefficient (Wildman–Crippen LogP) is 1.53. The number of hydrogen-bond donors (Lipinski definition) is 0. The Hall–Kier alpha value is -1.92. The number of rotatable bonds is 4. The molecule has 1 unspecified atom stereocenters. The van der Waals surface area contributed by atoms with Crippen LogP contribution in [-0.4, -0.2) is 27.3 Å². The van der Waals surface area contributed by atoms with Crippen molar-refractivity contribution >= 4 is 11.7 Å². The van der Waals surface area contributed by atoms with Crippen LogP contribution in [0.2, 0.25) is 0 Å². The number of nitrogens with zero attached hydrogens (tertiary/aromatic N) is 3. The first kappa shape index (κ1) is 13.1. The van der Waals surface area contributed by atoms with E-state index in [1.54, 1.807) is 27.7 Å². The minimum atomic E-state index is -0.664. The molecule has 1 aromatic heterocycles. The fourth-order valence-electron chi connectivity index (χ4n) is 1.66. The Morgan fingerprint density at radius 1 is 1.59 bits per heavy atom. The summed E-state index contributed by atoms with van der Waals surface area (Å²) in [4.78, 5) is 21.8. The van der Waals surface area contributed by atoms with Gasteiger partial charge in [-0.3, -0.25) is 10.1 Å². The summed E-state index contributed by atoms with van der Waals surface area (Å²) in [5.74, 6) is -0.451. The molecule has 7 heteroatoms. The zero-order valence-electron chi connectivity index (χ0n) is 10.3. The number of hydrogen-bond acceptors (Lipinski definition) is 5. The first-order valence-electron chi connectivity index (χ1n) is 5.26. The smallest absolute Gasteiger partial charge is 0.330 e. The molecule has 0 amide bonds. The van der Waals surface area contributed by atoms with Gasteiger partial charge in [0.15, 0.2) is 0 Å². The first-order chi connectivity index (χ1) is 7.90. The highest BCUT2D eigenvalue weighted by Crippen LogP contribution is 2.24. The molecular formula is C10H15N3O4. The monoisotopic (exact) mass is 241 g/mol. The van der Waals surface area contributed by atoms with E-state index in [1.165, 1.54) is 4.68 Å². The molecule has 1 rings (SSSR count).